The summed E-state index contributed by atoms with van der Waals surface area (Å²) in [6, 6.07) is 12.8. The van der Waals surface area contributed by atoms with Crippen molar-refractivity contribution in [3.63, 3.8) is 0 Å². The molecule has 1 aliphatic heterocycles. The SMILES string of the molecule is NC(Cc1ccc2ccccc2n1)C1CCSC1. The van der Waals surface area contributed by atoms with Gasteiger partial charge in [-0.05, 0) is 36.0 Å². The van der Waals surface area contributed by atoms with Gasteiger partial charge in [0.25, 0.3) is 0 Å². The number of rotatable bonds is 3. The second kappa shape index (κ2) is 5.29. The number of para-hydroxylation sites is 1. The zero-order valence-electron chi connectivity index (χ0n) is 10.4. The van der Waals surface area contributed by atoms with E-state index >= 15 is 0 Å². The van der Waals surface area contributed by atoms with E-state index in [4.69, 9.17) is 10.7 Å². The molecule has 2 atom stereocenters. The van der Waals surface area contributed by atoms with Crippen molar-refractivity contribution in [2.75, 3.05) is 11.5 Å². The van der Waals surface area contributed by atoms with Crippen LogP contribution >= 0.6 is 11.8 Å². The van der Waals surface area contributed by atoms with Crippen molar-refractivity contribution < 1.29 is 0 Å². The van der Waals surface area contributed by atoms with Crippen LogP contribution in [0.1, 0.15) is 12.1 Å². The molecule has 0 bridgehead atoms. The van der Waals surface area contributed by atoms with Crippen LogP contribution in [0.2, 0.25) is 0 Å². The van der Waals surface area contributed by atoms with Crippen LogP contribution in [0.5, 0.6) is 0 Å². The van der Waals surface area contributed by atoms with Gasteiger partial charge in [0, 0.05) is 23.5 Å². The number of nitrogens with zero attached hydrogens (tertiary/aromatic N) is 1. The number of nitrogens with two attached hydrogens (primary N) is 1. The van der Waals surface area contributed by atoms with Gasteiger partial charge in [-0.25, -0.2) is 0 Å². The Kier molecular flexibility index (Phi) is 3.52. The Hall–Kier alpha value is -1.06. The van der Waals surface area contributed by atoms with Crippen LogP contribution in [0.4, 0.5) is 0 Å². The van der Waals surface area contributed by atoms with Crippen LogP contribution in [0.15, 0.2) is 36.4 Å². The maximum Gasteiger partial charge on any atom is 0.0705 e. The van der Waals surface area contributed by atoms with Gasteiger partial charge in [-0.1, -0.05) is 24.3 Å². The van der Waals surface area contributed by atoms with Gasteiger partial charge in [-0.3, -0.25) is 4.98 Å². The summed E-state index contributed by atoms with van der Waals surface area (Å²) < 4.78 is 0. The van der Waals surface area contributed by atoms with Gasteiger partial charge in [-0.15, -0.1) is 0 Å². The molecule has 2 heterocycles. The van der Waals surface area contributed by atoms with Crippen molar-refractivity contribution in [2.45, 2.75) is 18.9 Å². The van der Waals surface area contributed by atoms with Crippen molar-refractivity contribution in [1.82, 2.24) is 4.98 Å². The van der Waals surface area contributed by atoms with Crippen LogP contribution in [0.3, 0.4) is 0 Å². The number of thioether (sulfide) groups is 1. The first-order chi connectivity index (χ1) is 8.83. The monoisotopic (exact) mass is 258 g/mol. The van der Waals surface area contributed by atoms with Crippen molar-refractivity contribution in [3.05, 3.63) is 42.1 Å². The average molecular weight is 258 g/mol. The summed E-state index contributed by atoms with van der Waals surface area (Å²) in [7, 11) is 0. The van der Waals surface area contributed by atoms with E-state index in [0.717, 1.165) is 17.6 Å². The first-order valence-electron chi connectivity index (χ1n) is 6.51. The van der Waals surface area contributed by atoms with Crippen LogP contribution in [-0.4, -0.2) is 22.5 Å². The van der Waals surface area contributed by atoms with Gasteiger partial charge < -0.3 is 5.73 Å². The Morgan fingerprint density at radius 1 is 1.28 bits per heavy atom. The number of hydrogen-bond acceptors (Lipinski definition) is 3. The number of hydrogen-bond donors (Lipinski definition) is 1. The molecule has 1 aromatic heterocycles. The zero-order chi connectivity index (χ0) is 12.4. The van der Waals surface area contributed by atoms with E-state index in [1.165, 1.54) is 23.3 Å². The van der Waals surface area contributed by atoms with E-state index in [2.05, 4.69) is 24.3 Å². The molecule has 2 nitrogen and oxygen atoms in total. The van der Waals surface area contributed by atoms with Crippen molar-refractivity contribution >= 4 is 22.7 Å². The van der Waals surface area contributed by atoms with Crippen LogP contribution in [0.25, 0.3) is 10.9 Å². The maximum atomic E-state index is 6.30. The van der Waals surface area contributed by atoms with Crippen LogP contribution in [-0.2, 0) is 6.42 Å². The molecule has 3 rings (SSSR count). The van der Waals surface area contributed by atoms with E-state index in [-0.39, 0.29) is 6.04 Å². The molecular formula is C15H18N2S. The van der Waals surface area contributed by atoms with Gasteiger partial charge in [0.1, 0.15) is 0 Å². The van der Waals surface area contributed by atoms with Gasteiger partial charge in [0.15, 0.2) is 0 Å². The minimum Gasteiger partial charge on any atom is -0.327 e. The molecular weight excluding hydrogens is 240 g/mol. The standard InChI is InChI=1S/C15H18N2S/c16-14(12-7-8-18-10-12)9-13-6-5-11-3-1-2-4-15(11)17-13/h1-6,12,14H,7-10,16H2. The minimum absolute atomic E-state index is 0.258. The third-order valence-corrected chi connectivity index (χ3v) is 4.86. The highest BCUT2D eigenvalue weighted by Crippen LogP contribution is 2.26. The summed E-state index contributed by atoms with van der Waals surface area (Å²) in [4.78, 5) is 4.70. The molecule has 1 fully saturated rings. The lowest BCUT2D eigenvalue weighted by atomic mass is 9.95. The zero-order valence-corrected chi connectivity index (χ0v) is 11.2. The average Bonchev–Trinajstić information content (AvgIpc) is 2.92. The second-order valence-corrected chi connectivity index (χ2v) is 6.14. The molecule has 1 aromatic carbocycles. The number of aromatic nitrogens is 1. The van der Waals surface area contributed by atoms with Gasteiger partial charge in [0.05, 0.1) is 5.52 Å². The van der Waals surface area contributed by atoms with E-state index in [1.807, 2.05) is 23.9 Å². The first kappa shape index (κ1) is 12.0. The van der Waals surface area contributed by atoms with Crippen molar-refractivity contribution in [1.29, 1.82) is 0 Å². The highest BCUT2D eigenvalue weighted by Gasteiger charge is 2.22. The molecule has 1 aliphatic rings. The van der Waals surface area contributed by atoms with Crippen molar-refractivity contribution in [3.8, 4) is 0 Å². The topological polar surface area (TPSA) is 38.9 Å². The maximum absolute atomic E-state index is 6.30. The lowest BCUT2D eigenvalue weighted by molar-refractivity contribution is 0.460. The molecule has 1 saturated heterocycles. The minimum atomic E-state index is 0.258. The molecule has 0 aliphatic carbocycles. The highest BCUT2D eigenvalue weighted by atomic mass is 32.2. The molecule has 2 unspecified atom stereocenters. The van der Waals surface area contributed by atoms with Gasteiger partial charge >= 0.3 is 0 Å². The third-order valence-electron chi connectivity index (χ3n) is 3.67. The molecule has 3 heteroatoms. The highest BCUT2D eigenvalue weighted by molar-refractivity contribution is 7.99. The lowest BCUT2D eigenvalue weighted by Crippen LogP contribution is -2.32. The molecule has 0 spiro atoms. The fraction of sp³-hybridized carbons (Fsp3) is 0.400. The van der Waals surface area contributed by atoms with E-state index in [9.17, 15) is 0 Å². The molecule has 2 N–H and O–H groups in total. The summed E-state index contributed by atoms with van der Waals surface area (Å²) in [5.41, 5.74) is 8.50. The Bertz CT molecular complexity index is 535. The lowest BCUT2D eigenvalue weighted by Gasteiger charge is -2.17. The molecule has 94 valence electrons. The molecule has 2 aromatic rings. The van der Waals surface area contributed by atoms with E-state index < -0.39 is 0 Å². The number of fused-ring (bicyclic) bond motifs is 1. The summed E-state index contributed by atoms with van der Waals surface area (Å²) >= 11 is 2.02. The molecule has 0 saturated carbocycles. The Morgan fingerprint density at radius 3 is 3.00 bits per heavy atom. The summed E-state index contributed by atoms with van der Waals surface area (Å²) in [5, 5.41) is 1.20. The normalized spacial score (nSPS) is 21.3. The largest absolute Gasteiger partial charge is 0.327 e. The number of benzene rings is 1. The van der Waals surface area contributed by atoms with E-state index in [1.54, 1.807) is 0 Å². The Morgan fingerprint density at radius 2 is 2.17 bits per heavy atom. The summed E-state index contributed by atoms with van der Waals surface area (Å²) in [6.45, 7) is 0. The first-order valence-corrected chi connectivity index (χ1v) is 7.66. The summed E-state index contributed by atoms with van der Waals surface area (Å²) in [5.74, 6) is 3.15. The Labute approximate surface area is 112 Å². The van der Waals surface area contributed by atoms with Crippen LogP contribution < -0.4 is 5.73 Å². The summed E-state index contributed by atoms with van der Waals surface area (Å²) in [6.07, 6.45) is 2.16. The fourth-order valence-electron chi connectivity index (χ4n) is 2.52. The predicted octanol–water partition coefficient (Wildman–Crippen LogP) is 2.86. The van der Waals surface area contributed by atoms with Gasteiger partial charge in [0.2, 0.25) is 0 Å². The molecule has 18 heavy (non-hydrogen) atoms. The predicted molar refractivity (Wildman–Crippen MR) is 78.9 cm³/mol. The molecule has 0 radical (unpaired) electrons. The smallest absolute Gasteiger partial charge is 0.0705 e. The fourth-order valence-corrected chi connectivity index (χ4v) is 3.87. The van der Waals surface area contributed by atoms with E-state index in [0.29, 0.717) is 5.92 Å². The van der Waals surface area contributed by atoms with Gasteiger partial charge in [-0.2, -0.15) is 11.8 Å². The Balaban J connectivity index is 1.77. The third kappa shape index (κ3) is 2.52. The molecule has 0 amide bonds. The van der Waals surface area contributed by atoms with Crippen LogP contribution in [0, 0.1) is 5.92 Å². The quantitative estimate of drug-likeness (QED) is 0.920. The second-order valence-electron chi connectivity index (χ2n) is 4.99. The van der Waals surface area contributed by atoms with Crippen molar-refractivity contribution in [2.24, 2.45) is 11.7 Å². The number of pyridine rings is 1.